The smallest absolute Gasteiger partial charge is 0.124 e. The molecule has 1 aromatic heterocycles. The molecule has 1 nitrogen and oxygen atoms in total. The van der Waals surface area contributed by atoms with E-state index in [-0.39, 0.29) is 0 Å². The van der Waals surface area contributed by atoms with Gasteiger partial charge in [-0.1, -0.05) is 12.1 Å². The Balaban J connectivity index is 2.01. The second-order valence-corrected chi connectivity index (χ2v) is 5.11. The van der Waals surface area contributed by atoms with E-state index in [4.69, 9.17) is 0 Å². The molecule has 76 valence electrons. The van der Waals surface area contributed by atoms with Crippen molar-refractivity contribution in [3.63, 3.8) is 0 Å². The number of rotatable bonds is 2. The fourth-order valence-electron chi connectivity index (χ4n) is 1.77. The minimum Gasteiger partial charge on any atom is -0.507 e. The zero-order valence-corrected chi connectivity index (χ0v) is 9.13. The molecule has 1 N–H and O–H groups in total. The third kappa shape index (κ3) is 1.65. The van der Waals surface area contributed by atoms with E-state index < -0.39 is 0 Å². The predicted octanol–water partition coefficient (Wildman–Crippen LogP) is 4.00. The van der Waals surface area contributed by atoms with Gasteiger partial charge < -0.3 is 5.11 Å². The van der Waals surface area contributed by atoms with E-state index in [2.05, 4.69) is 12.1 Å². The molecular formula is C13H12OS. The van der Waals surface area contributed by atoms with Crippen LogP contribution in [0.2, 0.25) is 0 Å². The summed E-state index contributed by atoms with van der Waals surface area (Å²) in [5.74, 6) is 1.18. The third-order valence-corrected chi connectivity index (χ3v) is 4.06. The molecule has 0 spiro atoms. The van der Waals surface area contributed by atoms with Crippen molar-refractivity contribution in [1.82, 2.24) is 0 Å². The van der Waals surface area contributed by atoms with Crippen molar-refractivity contribution in [3.8, 4) is 16.2 Å². The summed E-state index contributed by atoms with van der Waals surface area (Å²) in [6.07, 6.45) is 2.67. The van der Waals surface area contributed by atoms with Gasteiger partial charge in [0, 0.05) is 15.3 Å². The molecule has 1 aliphatic rings. The maximum absolute atomic E-state index is 9.73. The first-order chi connectivity index (χ1) is 7.34. The minimum absolute atomic E-state index is 0.377. The summed E-state index contributed by atoms with van der Waals surface area (Å²) in [5.41, 5.74) is 0.953. The fourth-order valence-corrected chi connectivity index (χ4v) is 2.98. The highest BCUT2D eigenvalue weighted by Gasteiger charge is 2.25. The Hall–Kier alpha value is -1.28. The van der Waals surface area contributed by atoms with Crippen LogP contribution >= 0.6 is 11.3 Å². The molecule has 1 fully saturated rings. The molecule has 0 unspecified atom stereocenters. The van der Waals surface area contributed by atoms with Crippen molar-refractivity contribution in [2.45, 2.75) is 18.8 Å². The minimum atomic E-state index is 0.377. The maximum Gasteiger partial charge on any atom is 0.124 e. The third-order valence-electron chi connectivity index (χ3n) is 2.78. The van der Waals surface area contributed by atoms with Gasteiger partial charge in [-0.05, 0) is 43.0 Å². The molecule has 15 heavy (non-hydrogen) atoms. The average molecular weight is 216 g/mol. The molecule has 2 heteroatoms. The lowest BCUT2D eigenvalue weighted by Crippen LogP contribution is -1.72. The van der Waals surface area contributed by atoms with E-state index in [9.17, 15) is 5.11 Å². The largest absolute Gasteiger partial charge is 0.507 e. The van der Waals surface area contributed by atoms with Crippen LogP contribution in [0.25, 0.3) is 10.4 Å². The lowest BCUT2D eigenvalue weighted by Gasteiger charge is -1.99. The Morgan fingerprint density at radius 1 is 1.07 bits per heavy atom. The SMILES string of the molecule is Oc1ccccc1-c1ccc(C2CC2)s1. The van der Waals surface area contributed by atoms with Crippen molar-refractivity contribution in [3.05, 3.63) is 41.3 Å². The molecule has 0 saturated heterocycles. The lowest BCUT2D eigenvalue weighted by molar-refractivity contribution is 0.477. The van der Waals surface area contributed by atoms with Crippen molar-refractivity contribution >= 4 is 11.3 Å². The van der Waals surface area contributed by atoms with Crippen molar-refractivity contribution in [2.24, 2.45) is 0 Å². The molecule has 0 radical (unpaired) electrons. The van der Waals surface area contributed by atoms with E-state index >= 15 is 0 Å². The van der Waals surface area contributed by atoms with E-state index in [1.165, 1.54) is 22.6 Å². The number of para-hydroxylation sites is 1. The van der Waals surface area contributed by atoms with Crippen LogP contribution in [0.15, 0.2) is 36.4 Å². The van der Waals surface area contributed by atoms with Crippen LogP contribution in [0.5, 0.6) is 5.75 Å². The van der Waals surface area contributed by atoms with Gasteiger partial charge in [0.1, 0.15) is 5.75 Å². The zero-order valence-electron chi connectivity index (χ0n) is 8.31. The molecule has 2 aromatic rings. The number of hydrogen-bond acceptors (Lipinski definition) is 2. The van der Waals surface area contributed by atoms with Crippen LogP contribution in [0, 0.1) is 0 Å². The van der Waals surface area contributed by atoms with Crippen LogP contribution in [0.4, 0.5) is 0 Å². The number of phenolic OH excluding ortho intramolecular Hbond substituents is 1. The predicted molar refractivity (Wildman–Crippen MR) is 63.4 cm³/mol. The van der Waals surface area contributed by atoms with E-state index in [1.807, 2.05) is 29.5 Å². The van der Waals surface area contributed by atoms with Gasteiger partial charge in [0.25, 0.3) is 0 Å². The Kier molecular flexibility index (Phi) is 2.03. The number of hydrogen-bond donors (Lipinski definition) is 1. The topological polar surface area (TPSA) is 20.2 Å². The van der Waals surface area contributed by atoms with Crippen LogP contribution in [0.3, 0.4) is 0 Å². The van der Waals surface area contributed by atoms with Gasteiger partial charge in [-0.2, -0.15) is 0 Å². The van der Waals surface area contributed by atoms with Crippen molar-refractivity contribution in [1.29, 1.82) is 0 Å². The normalized spacial score (nSPS) is 15.5. The second-order valence-electron chi connectivity index (χ2n) is 3.99. The van der Waals surface area contributed by atoms with Gasteiger partial charge in [-0.25, -0.2) is 0 Å². The Bertz CT molecular complexity index is 483. The van der Waals surface area contributed by atoms with Gasteiger partial charge in [0.2, 0.25) is 0 Å². The summed E-state index contributed by atoms with van der Waals surface area (Å²) in [6.45, 7) is 0. The van der Waals surface area contributed by atoms with Crippen LogP contribution in [0.1, 0.15) is 23.6 Å². The molecule has 1 aromatic carbocycles. The summed E-state index contributed by atoms with van der Waals surface area (Å²) >= 11 is 1.81. The lowest BCUT2D eigenvalue weighted by atomic mass is 10.1. The molecule has 0 atom stereocenters. The number of phenols is 1. The number of thiophene rings is 1. The van der Waals surface area contributed by atoms with E-state index in [0.717, 1.165) is 11.5 Å². The van der Waals surface area contributed by atoms with Gasteiger partial charge in [-0.3, -0.25) is 0 Å². The molecule has 1 saturated carbocycles. The zero-order chi connectivity index (χ0) is 10.3. The van der Waals surface area contributed by atoms with Crippen molar-refractivity contribution < 1.29 is 5.11 Å². The molecule has 1 aliphatic carbocycles. The van der Waals surface area contributed by atoms with Crippen molar-refractivity contribution in [2.75, 3.05) is 0 Å². The summed E-state index contributed by atoms with van der Waals surface area (Å²) in [6, 6.07) is 11.8. The molecule has 1 heterocycles. The molecular weight excluding hydrogens is 204 g/mol. The monoisotopic (exact) mass is 216 g/mol. The summed E-state index contributed by atoms with van der Waals surface area (Å²) in [5, 5.41) is 9.73. The Morgan fingerprint density at radius 3 is 2.60 bits per heavy atom. The van der Waals surface area contributed by atoms with E-state index in [0.29, 0.717) is 5.75 Å². The fraction of sp³-hybridized carbons (Fsp3) is 0.231. The standard InChI is InChI=1S/C13H12OS/c14-11-4-2-1-3-10(11)13-8-7-12(15-13)9-5-6-9/h1-4,7-9,14H,5-6H2. The number of benzene rings is 1. The quantitative estimate of drug-likeness (QED) is 0.804. The Morgan fingerprint density at radius 2 is 1.87 bits per heavy atom. The van der Waals surface area contributed by atoms with Crippen LogP contribution in [-0.4, -0.2) is 5.11 Å². The van der Waals surface area contributed by atoms with E-state index in [1.54, 1.807) is 6.07 Å². The second kappa shape index (κ2) is 3.38. The van der Waals surface area contributed by atoms with Gasteiger partial charge >= 0.3 is 0 Å². The highest BCUT2D eigenvalue weighted by Crippen LogP contribution is 2.45. The number of aromatic hydroxyl groups is 1. The highest BCUT2D eigenvalue weighted by molar-refractivity contribution is 7.15. The maximum atomic E-state index is 9.73. The molecule has 0 aliphatic heterocycles. The first-order valence-corrected chi connectivity index (χ1v) is 6.04. The molecule has 3 rings (SSSR count). The summed E-state index contributed by atoms with van der Waals surface area (Å²) < 4.78 is 0. The average Bonchev–Trinajstić information content (AvgIpc) is 2.99. The summed E-state index contributed by atoms with van der Waals surface area (Å²) in [4.78, 5) is 2.64. The first kappa shape index (κ1) is 8.98. The van der Waals surface area contributed by atoms with Gasteiger partial charge in [0.05, 0.1) is 0 Å². The van der Waals surface area contributed by atoms with Crippen LogP contribution < -0.4 is 0 Å². The molecule has 0 bridgehead atoms. The Labute approximate surface area is 93.0 Å². The van der Waals surface area contributed by atoms with Gasteiger partial charge in [-0.15, -0.1) is 11.3 Å². The highest BCUT2D eigenvalue weighted by atomic mass is 32.1. The first-order valence-electron chi connectivity index (χ1n) is 5.23. The summed E-state index contributed by atoms with van der Waals surface area (Å²) in [7, 11) is 0. The molecule has 0 amide bonds. The van der Waals surface area contributed by atoms with Gasteiger partial charge in [0.15, 0.2) is 0 Å². The van der Waals surface area contributed by atoms with Crippen LogP contribution in [-0.2, 0) is 0 Å².